The highest BCUT2D eigenvalue weighted by Crippen LogP contribution is 2.11. The molecule has 0 spiro atoms. The van der Waals surface area contributed by atoms with Crippen LogP contribution >= 0.6 is 0 Å². The van der Waals surface area contributed by atoms with Crippen molar-refractivity contribution < 1.29 is 13.2 Å². The first-order chi connectivity index (χ1) is 7.52. The normalized spacial score (nSPS) is 19.2. The molecular weight excluding hydrogens is 228 g/mol. The van der Waals surface area contributed by atoms with Crippen LogP contribution in [-0.2, 0) is 14.8 Å². The van der Waals surface area contributed by atoms with Crippen LogP contribution in [-0.4, -0.2) is 46.0 Å². The van der Waals surface area contributed by atoms with E-state index in [1.807, 2.05) is 13.8 Å². The summed E-state index contributed by atoms with van der Waals surface area (Å²) in [5.74, 6) is 0. The SMILES string of the molecule is CC(C)OCCNS(=O)(=O)C1CCNCC1. The van der Waals surface area contributed by atoms with Crippen molar-refractivity contribution in [3.05, 3.63) is 0 Å². The lowest BCUT2D eigenvalue weighted by molar-refractivity contribution is 0.0833. The fourth-order valence-corrected chi connectivity index (χ4v) is 3.16. The van der Waals surface area contributed by atoms with Crippen LogP contribution in [0.4, 0.5) is 0 Å². The lowest BCUT2D eigenvalue weighted by Gasteiger charge is -2.22. The highest BCUT2D eigenvalue weighted by Gasteiger charge is 2.26. The molecule has 1 aliphatic rings. The third-order valence-electron chi connectivity index (χ3n) is 2.58. The second-order valence-corrected chi connectivity index (χ2v) is 6.35. The Morgan fingerprint density at radius 1 is 1.38 bits per heavy atom. The van der Waals surface area contributed by atoms with Gasteiger partial charge >= 0.3 is 0 Å². The summed E-state index contributed by atoms with van der Waals surface area (Å²) in [7, 11) is -3.15. The Labute approximate surface area is 98.0 Å². The van der Waals surface area contributed by atoms with Crippen molar-refractivity contribution >= 4 is 10.0 Å². The van der Waals surface area contributed by atoms with Gasteiger partial charge in [-0.15, -0.1) is 0 Å². The van der Waals surface area contributed by atoms with Crippen molar-refractivity contribution in [1.82, 2.24) is 10.0 Å². The number of hydrogen-bond donors (Lipinski definition) is 2. The summed E-state index contributed by atoms with van der Waals surface area (Å²) in [5.41, 5.74) is 0. The van der Waals surface area contributed by atoms with Gasteiger partial charge in [-0.3, -0.25) is 0 Å². The fourth-order valence-electron chi connectivity index (χ4n) is 1.70. The van der Waals surface area contributed by atoms with E-state index < -0.39 is 10.0 Å². The molecule has 1 heterocycles. The summed E-state index contributed by atoms with van der Waals surface area (Å²) in [6.45, 7) is 6.23. The van der Waals surface area contributed by atoms with Crippen LogP contribution in [0.1, 0.15) is 26.7 Å². The Hall–Kier alpha value is -0.170. The zero-order chi connectivity index (χ0) is 12.0. The van der Waals surface area contributed by atoms with Gasteiger partial charge in [-0.1, -0.05) is 0 Å². The minimum Gasteiger partial charge on any atom is -0.377 e. The Kier molecular flexibility index (Phi) is 5.68. The third-order valence-corrected chi connectivity index (χ3v) is 4.54. The van der Waals surface area contributed by atoms with Crippen molar-refractivity contribution in [2.45, 2.75) is 38.0 Å². The van der Waals surface area contributed by atoms with Crippen LogP contribution in [0.25, 0.3) is 0 Å². The minimum atomic E-state index is -3.15. The van der Waals surface area contributed by atoms with E-state index in [0.29, 0.717) is 26.0 Å². The molecule has 5 nitrogen and oxygen atoms in total. The molecule has 0 saturated carbocycles. The summed E-state index contributed by atoms with van der Waals surface area (Å²) < 4.78 is 31.6. The van der Waals surface area contributed by atoms with Gasteiger partial charge in [0.05, 0.1) is 18.0 Å². The van der Waals surface area contributed by atoms with E-state index in [4.69, 9.17) is 4.74 Å². The van der Waals surface area contributed by atoms with Crippen LogP contribution in [0.5, 0.6) is 0 Å². The second-order valence-electron chi connectivity index (χ2n) is 4.31. The maximum atomic E-state index is 11.8. The maximum absolute atomic E-state index is 11.8. The van der Waals surface area contributed by atoms with Gasteiger partial charge in [-0.05, 0) is 39.8 Å². The molecular formula is C10H22N2O3S. The number of rotatable bonds is 6. The summed E-state index contributed by atoms with van der Waals surface area (Å²) in [6.07, 6.45) is 1.53. The monoisotopic (exact) mass is 250 g/mol. The van der Waals surface area contributed by atoms with Gasteiger partial charge in [0.2, 0.25) is 10.0 Å². The molecule has 0 amide bonds. The molecule has 0 bridgehead atoms. The van der Waals surface area contributed by atoms with Gasteiger partial charge in [-0.25, -0.2) is 13.1 Å². The molecule has 0 aromatic rings. The van der Waals surface area contributed by atoms with E-state index in [-0.39, 0.29) is 11.4 Å². The van der Waals surface area contributed by atoms with Crippen molar-refractivity contribution in [3.63, 3.8) is 0 Å². The highest BCUT2D eigenvalue weighted by molar-refractivity contribution is 7.90. The van der Waals surface area contributed by atoms with Crippen LogP contribution in [0.2, 0.25) is 0 Å². The van der Waals surface area contributed by atoms with Gasteiger partial charge in [-0.2, -0.15) is 0 Å². The predicted octanol–water partition coefficient (Wildman–Crippen LogP) is 0.0828. The number of piperidine rings is 1. The Balaban J connectivity index is 2.27. The molecule has 0 radical (unpaired) electrons. The lowest BCUT2D eigenvalue weighted by atomic mass is 10.2. The van der Waals surface area contributed by atoms with Gasteiger partial charge in [0.15, 0.2) is 0 Å². The largest absolute Gasteiger partial charge is 0.377 e. The van der Waals surface area contributed by atoms with E-state index in [2.05, 4.69) is 10.0 Å². The van der Waals surface area contributed by atoms with Crippen molar-refractivity contribution in [2.24, 2.45) is 0 Å². The molecule has 2 N–H and O–H groups in total. The van der Waals surface area contributed by atoms with Crippen molar-refractivity contribution in [2.75, 3.05) is 26.2 Å². The molecule has 0 unspecified atom stereocenters. The first-order valence-corrected chi connectivity index (χ1v) is 7.38. The molecule has 1 rings (SSSR count). The highest BCUT2D eigenvalue weighted by atomic mass is 32.2. The minimum absolute atomic E-state index is 0.142. The van der Waals surface area contributed by atoms with Crippen LogP contribution in [0.3, 0.4) is 0 Å². The van der Waals surface area contributed by atoms with Crippen LogP contribution in [0.15, 0.2) is 0 Å². The van der Waals surface area contributed by atoms with E-state index in [1.165, 1.54) is 0 Å². The van der Waals surface area contributed by atoms with E-state index in [9.17, 15) is 8.42 Å². The summed E-state index contributed by atoms with van der Waals surface area (Å²) >= 11 is 0. The van der Waals surface area contributed by atoms with Crippen molar-refractivity contribution in [3.8, 4) is 0 Å². The molecule has 16 heavy (non-hydrogen) atoms. The molecule has 1 fully saturated rings. The van der Waals surface area contributed by atoms with Gasteiger partial charge < -0.3 is 10.1 Å². The molecule has 0 aromatic heterocycles. The number of hydrogen-bond acceptors (Lipinski definition) is 4. The van der Waals surface area contributed by atoms with E-state index >= 15 is 0 Å². The van der Waals surface area contributed by atoms with E-state index in [1.54, 1.807) is 0 Å². The fraction of sp³-hybridized carbons (Fsp3) is 1.00. The second kappa shape index (κ2) is 6.54. The third kappa shape index (κ3) is 4.78. The Morgan fingerprint density at radius 3 is 2.56 bits per heavy atom. The quantitative estimate of drug-likeness (QED) is 0.655. The molecule has 0 aromatic carbocycles. The summed E-state index contributed by atoms with van der Waals surface area (Å²) in [5, 5.41) is 2.91. The molecule has 0 aliphatic carbocycles. The van der Waals surface area contributed by atoms with Crippen LogP contribution in [0, 0.1) is 0 Å². The zero-order valence-electron chi connectivity index (χ0n) is 10.0. The van der Waals surface area contributed by atoms with Gasteiger partial charge in [0.1, 0.15) is 0 Å². The average molecular weight is 250 g/mol. The molecule has 6 heteroatoms. The first-order valence-electron chi connectivity index (χ1n) is 5.83. The van der Waals surface area contributed by atoms with Crippen molar-refractivity contribution in [1.29, 1.82) is 0 Å². The molecule has 1 aliphatic heterocycles. The standard InChI is InChI=1S/C10H22N2O3S/c1-9(2)15-8-7-12-16(13,14)10-3-5-11-6-4-10/h9-12H,3-8H2,1-2H3. The Bertz CT molecular complexity index is 284. The van der Waals surface area contributed by atoms with E-state index in [0.717, 1.165) is 13.1 Å². The predicted molar refractivity (Wildman–Crippen MR) is 63.9 cm³/mol. The molecule has 1 saturated heterocycles. The smallest absolute Gasteiger partial charge is 0.214 e. The zero-order valence-corrected chi connectivity index (χ0v) is 10.8. The van der Waals surface area contributed by atoms with Gasteiger partial charge in [0.25, 0.3) is 0 Å². The number of nitrogens with one attached hydrogen (secondary N) is 2. The first kappa shape index (κ1) is 13.9. The lowest BCUT2D eigenvalue weighted by Crippen LogP contribution is -2.42. The molecule has 0 atom stereocenters. The molecule has 96 valence electrons. The summed E-state index contributed by atoms with van der Waals surface area (Å²) in [4.78, 5) is 0. The Morgan fingerprint density at radius 2 is 2.00 bits per heavy atom. The summed E-state index contributed by atoms with van der Waals surface area (Å²) in [6, 6.07) is 0. The number of sulfonamides is 1. The van der Waals surface area contributed by atoms with Gasteiger partial charge in [0, 0.05) is 6.54 Å². The maximum Gasteiger partial charge on any atom is 0.214 e. The number of ether oxygens (including phenoxy) is 1. The average Bonchev–Trinajstić information content (AvgIpc) is 2.26. The topological polar surface area (TPSA) is 67.4 Å². The van der Waals surface area contributed by atoms with Crippen LogP contribution < -0.4 is 10.0 Å².